The molecule has 0 aromatic heterocycles. The molecule has 45 heavy (non-hydrogen) atoms. The van der Waals surface area contributed by atoms with Crippen molar-refractivity contribution in [2.24, 2.45) is 0 Å². The zero-order valence-corrected chi connectivity index (χ0v) is 30.0. The summed E-state index contributed by atoms with van der Waals surface area (Å²) in [6.07, 6.45) is 41.4. The molecule has 0 spiro atoms. The maximum absolute atomic E-state index is 12.4. The standard InChI is InChI=1S/C40H77NO4/c1-3-5-7-9-11-13-15-16-17-18-19-20-21-22-24-25-27-29-31-33-37(43)35-40(45)41-38(36-42)39(44)34-32-30-28-26-23-14-12-10-8-6-4-2/h5,7,11,13,37-39,42-44H,3-4,6,8-10,12,14-36H2,1-2H3,(H,41,45)/b7-5-,13-11-. The summed E-state index contributed by atoms with van der Waals surface area (Å²) < 4.78 is 0. The summed E-state index contributed by atoms with van der Waals surface area (Å²) >= 11 is 0. The third-order valence-electron chi connectivity index (χ3n) is 9.03. The Morgan fingerprint density at radius 2 is 1.02 bits per heavy atom. The van der Waals surface area contributed by atoms with E-state index in [2.05, 4.69) is 43.5 Å². The summed E-state index contributed by atoms with van der Waals surface area (Å²) in [5.74, 6) is -0.285. The van der Waals surface area contributed by atoms with E-state index in [0.29, 0.717) is 12.8 Å². The van der Waals surface area contributed by atoms with Gasteiger partial charge in [0, 0.05) is 0 Å². The minimum absolute atomic E-state index is 0.0367. The van der Waals surface area contributed by atoms with E-state index in [1.807, 2.05) is 0 Å². The number of carbonyl (C=O) groups excluding carboxylic acids is 1. The van der Waals surface area contributed by atoms with Gasteiger partial charge in [0.05, 0.1) is 31.3 Å². The fourth-order valence-corrected chi connectivity index (χ4v) is 6.03. The molecule has 266 valence electrons. The fraction of sp³-hybridized carbons (Fsp3) is 0.875. The van der Waals surface area contributed by atoms with Crippen LogP contribution in [0.25, 0.3) is 0 Å². The monoisotopic (exact) mass is 636 g/mol. The lowest BCUT2D eigenvalue weighted by molar-refractivity contribution is -0.125. The van der Waals surface area contributed by atoms with Crippen molar-refractivity contribution < 1.29 is 20.1 Å². The molecule has 0 aromatic carbocycles. The summed E-state index contributed by atoms with van der Waals surface area (Å²) in [4.78, 5) is 12.4. The summed E-state index contributed by atoms with van der Waals surface area (Å²) in [7, 11) is 0. The Balaban J connectivity index is 3.61. The minimum Gasteiger partial charge on any atom is -0.394 e. The zero-order chi connectivity index (χ0) is 33.1. The quantitative estimate of drug-likeness (QED) is 0.0412. The number of hydrogen-bond acceptors (Lipinski definition) is 4. The molecule has 0 saturated carbocycles. The Bertz CT molecular complexity index is 665. The highest BCUT2D eigenvalue weighted by molar-refractivity contribution is 5.76. The van der Waals surface area contributed by atoms with Gasteiger partial charge >= 0.3 is 0 Å². The number of aliphatic hydroxyl groups is 3. The lowest BCUT2D eigenvalue weighted by Gasteiger charge is -2.23. The van der Waals surface area contributed by atoms with Crippen molar-refractivity contribution in [3.05, 3.63) is 24.3 Å². The van der Waals surface area contributed by atoms with Crippen molar-refractivity contribution in [1.82, 2.24) is 5.32 Å². The van der Waals surface area contributed by atoms with Crippen molar-refractivity contribution in [1.29, 1.82) is 0 Å². The van der Waals surface area contributed by atoms with Crippen LogP contribution in [0.1, 0.15) is 200 Å². The number of amides is 1. The van der Waals surface area contributed by atoms with Gasteiger partial charge in [-0.25, -0.2) is 0 Å². The second-order valence-electron chi connectivity index (χ2n) is 13.5. The van der Waals surface area contributed by atoms with Gasteiger partial charge < -0.3 is 20.6 Å². The van der Waals surface area contributed by atoms with Crippen molar-refractivity contribution in [2.75, 3.05) is 6.61 Å². The maximum Gasteiger partial charge on any atom is 0.222 e. The van der Waals surface area contributed by atoms with Gasteiger partial charge in [-0.05, 0) is 38.5 Å². The molecule has 4 N–H and O–H groups in total. The maximum atomic E-state index is 12.4. The number of nitrogens with one attached hydrogen (secondary N) is 1. The predicted octanol–water partition coefficient (Wildman–Crippen LogP) is 10.7. The van der Waals surface area contributed by atoms with Gasteiger partial charge in [-0.3, -0.25) is 4.79 Å². The third kappa shape index (κ3) is 32.6. The van der Waals surface area contributed by atoms with E-state index in [-0.39, 0.29) is 18.9 Å². The topological polar surface area (TPSA) is 89.8 Å². The molecule has 0 heterocycles. The molecule has 0 aliphatic rings. The van der Waals surface area contributed by atoms with Gasteiger partial charge in [0.1, 0.15) is 0 Å². The van der Waals surface area contributed by atoms with Gasteiger partial charge in [-0.2, -0.15) is 0 Å². The van der Waals surface area contributed by atoms with Gasteiger partial charge in [0.15, 0.2) is 0 Å². The Morgan fingerprint density at radius 3 is 1.51 bits per heavy atom. The number of hydrogen-bond donors (Lipinski definition) is 4. The average molecular weight is 636 g/mol. The number of carbonyl (C=O) groups is 1. The molecule has 0 saturated heterocycles. The molecule has 3 atom stereocenters. The summed E-state index contributed by atoms with van der Waals surface area (Å²) in [6, 6.07) is -0.654. The van der Waals surface area contributed by atoms with E-state index < -0.39 is 18.2 Å². The second kappa shape index (κ2) is 35.7. The van der Waals surface area contributed by atoms with E-state index in [4.69, 9.17) is 0 Å². The SMILES string of the molecule is CC/C=C\C/C=C\CCCCCCCCCCCCCCC(O)CC(=O)NC(CO)C(O)CCCCCCCCCCCCC. The van der Waals surface area contributed by atoms with E-state index in [9.17, 15) is 20.1 Å². The Hall–Kier alpha value is -1.17. The molecule has 5 heteroatoms. The Kier molecular flexibility index (Phi) is 34.8. The highest BCUT2D eigenvalue weighted by Crippen LogP contribution is 2.16. The highest BCUT2D eigenvalue weighted by atomic mass is 16.3. The van der Waals surface area contributed by atoms with Gasteiger partial charge in [-0.1, -0.05) is 179 Å². The largest absolute Gasteiger partial charge is 0.394 e. The highest BCUT2D eigenvalue weighted by Gasteiger charge is 2.21. The van der Waals surface area contributed by atoms with E-state index in [0.717, 1.165) is 38.5 Å². The van der Waals surface area contributed by atoms with Crippen LogP contribution in [0.5, 0.6) is 0 Å². The normalized spacial score (nSPS) is 14.0. The molecule has 0 aromatic rings. The number of aliphatic hydroxyl groups excluding tert-OH is 3. The second-order valence-corrected chi connectivity index (χ2v) is 13.5. The molecular weight excluding hydrogens is 558 g/mol. The molecule has 0 radical (unpaired) electrons. The molecule has 5 nitrogen and oxygen atoms in total. The molecule has 0 bridgehead atoms. The van der Waals surface area contributed by atoms with Crippen molar-refractivity contribution in [3.63, 3.8) is 0 Å². The molecule has 0 rings (SSSR count). The van der Waals surface area contributed by atoms with Gasteiger partial charge in [0.25, 0.3) is 0 Å². The van der Waals surface area contributed by atoms with Crippen LogP contribution in [0.4, 0.5) is 0 Å². The first-order valence-corrected chi connectivity index (χ1v) is 19.6. The van der Waals surface area contributed by atoms with Crippen molar-refractivity contribution in [2.45, 2.75) is 218 Å². The van der Waals surface area contributed by atoms with Crippen LogP contribution in [-0.4, -0.2) is 46.1 Å². The van der Waals surface area contributed by atoms with Crippen molar-refractivity contribution >= 4 is 5.91 Å². The minimum atomic E-state index is -0.745. The lowest BCUT2D eigenvalue weighted by Crippen LogP contribution is -2.46. The Labute approximate surface area is 280 Å². The van der Waals surface area contributed by atoms with E-state index in [1.165, 1.54) is 128 Å². The van der Waals surface area contributed by atoms with Crippen LogP contribution >= 0.6 is 0 Å². The van der Waals surface area contributed by atoms with Crippen LogP contribution in [0.15, 0.2) is 24.3 Å². The smallest absolute Gasteiger partial charge is 0.222 e. The average Bonchev–Trinajstić information content (AvgIpc) is 3.03. The number of allylic oxidation sites excluding steroid dienone is 4. The van der Waals surface area contributed by atoms with Crippen LogP contribution in [-0.2, 0) is 4.79 Å². The zero-order valence-electron chi connectivity index (χ0n) is 30.0. The van der Waals surface area contributed by atoms with Gasteiger partial charge in [0.2, 0.25) is 5.91 Å². The number of unbranched alkanes of at least 4 members (excludes halogenated alkanes) is 22. The van der Waals surface area contributed by atoms with Crippen LogP contribution in [0, 0.1) is 0 Å². The van der Waals surface area contributed by atoms with Crippen LogP contribution in [0.3, 0.4) is 0 Å². The van der Waals surface area contributed by atoms with E-state index >= 15 is 0 Å². The summed E-state index contributed by atoms with van der Waals surface area (Å²) in [6.45, 7) is 4.14. The molecule has 3 unspecified atom stereocenters. The molecule has 1 amide bonds. The third-order valence-corrected chi connectivity index (χ3v) is 9.03. The summed E-state index contributed by atoms with van der Waals surface area (Å²) in [5.41, 5.74) is 0. The van der Waals surface area contributed by atoms with Crippen molar-refractivity contribution in [3.8, 4) is 0 Å². The molecule has 0 aliphatic heterocycles. The Morgan fingerprint density at radius 1 is 0.578 bits per heavy atom. The fourth-order valence-electron chi connectivity index (χ4n) is 6.03. The number of rotatable bonds is 35. The van der Waals surface area contributed by atoms with Crippen LogP contribution in [0.2, 0.25) is 0 Å². The first kappa shape index (κ1) is 43.8. The first-order chi connectivity index (χ1) is 22.0. The molecule has 0 aliphatic carbocycles. The molecule has 0 fully saturated rings. The van der Waals surface area contributed by atoms with Crippen LogP contribution < -0.4 is 5.32 Å². The first-order valence-electron chi connectivity index (χ1n) is 19.6. The lowest BCUT2D eigenvalue weighted by atomic mass is 10.0. The van der Waals surface area contributed by atoms with E-state index in [1.54, 1.807) is 0 Å². The predicted molar refractivity (Wildman–Crippen MR) is 195 cm³/mol. The molecular formula is C40H77NO4. The summed E-state index contributed by atoms with van der Waals surface area (Å²) in [5, 5.41) is 33.2. The van der Waals surface area contributed by atoms with Gasteiger partial charge in [-0.15, -0.1) is 0 Å².